The van der Waals surface area contributed by atoms with Gasteiger partial charge < -0.3 is 33.0 Å². The summed E-state index contributed by atoms with van der Waals surface area (Å²) in [6.07, 6.45) is 0.642. The smallest absolute Gasteiger partial charge is 0.336 e. The molecule has 0 saturated heterocycles. The van der Waals surface area contributed by atoms with Crippen molar-refractivity contribution in [2.24, 2.45) is 0 Å². The van der Waals surface area contributed by atoms with E-state index in [4.69, 9.17) is 28.1 Å². The molecule has 1 unspecified atom stereocenters. The van der Waals surface area contributed by atoms with Crippen LogP contribution in [0.3, 0.4) is 0 Å². The molecule has 0 N–H and O–H groups in total. The first-order valence-corrected chi connectivity index (χ1v) is 12.6. The summed E-state index contributed by atoms with van der Waals surface area (Å²) in [5.74, 6) is 2.74. The summed E-state index contributed by atoms with van der Waals surface area (Å²) in [5.41, 5.74) is 3.32. The number of ether oxygens (including phenoxy) is 5. The van der Waals surface area contributed by atoms with Gasteiger partial charge in [0.25, 0.3) is 5.91 Å². The molecular formula is C30H27NO8. The van der Waals surface area contributed by atoms with E-state index in [2.05, 4.69) is 0 Å². The van der Waals surface area contributed by atoms with Crippen LogP contribution in [0.5, 0.6) is 28.7 Å². The minimum absolute atomic E-state index is 0.133. The van der Waals surface area contributed by atoms with Crippen LogP contribution in [0.2, 0.25) is 0 Å². The van der Waals surface area contributed by atoms with E-state index < -0.39 is 11.7 Å². The zero-order valence-electron chi connectivity index (χ0n) is 21.8. The number of hydrogen-bond acceptors (Lipinski definition) is 8. The van der Waals surface area contributed by atoms with Gasteiger partial charge in [-0.05, 0) is 72.5 Å². The molecule has 0 aliphatic carbocycles. The first-order chi connectivity index (χ1) is 18.9. The number of nitrogens with zero attached hydrogens (tertiary/aromatic N) is 1. The standard InChI is InChI=1S/C30H27NO8/c1-17-10-29(32)39-25-13-20(5-6-21(17)25)36-15-23-22-14-27(35-3)26(34-2)11-18(22)8-9-31(23)30(33)19-4-7-24-28(12-19)38-16-37-24/h4-7,10-14,23H,8-9,15-16H2,1-3H3. The van der Waals surface area contributed by atoms with Gasteiger partial charge in [0, 0.05) is 29.6 Å². The number of methoxy groups -OCH3 is 2. The lowest BCUT2D eigenvalue weighted by molar-refractivity contribution is 0.0589. The Morgan fingerprint density at radius 3 is 2.59 bits per heavy atom. The maximum atomic E-state index is 13.8. The van der Waals surface area contributed by atoms with Gasteiger partial charge in [-0.1, -0.05) is 0 Å². The van der Waals surface area contributed by atoms with Crippen LogP contribution >= 0.6 is 0 Å². The van der Waals surface area contributed by atoms with Gasteiger partial charge in [-0.25, -0.2) is 4.79 Å². The molecule has 1 atom stereocenters. The van der Waals surface area contributed by atoms with Crippen molar-refractivity contribution in [3.8, 4) is 28.7 Å². The Labute approximate surface area is 224 Å². The lowest BCUT2D eigenvalue weighted by Crippen LogP contribution is -2.42. The fourth-order valence-electron chi connectivity index (χ4n) is 5.22. The van der Waals surface area contributed by atoms with Crippen molar-refractivity contribution in [2.45, 2.75) is 19.4 Å². The van der Waals surface area contributed by atoms with Gasteiger partial charge >= 0.3 is 5.63 Å². The molecule has 9 heteroatoms. The summed E-state index contributed by atoms with van der Waals surface area (Å²) in [4.78, 5) is 27.5. The molecule has 39 heavy (non-hydrogen) atoms. The predicted octanol–water partition coefficient (Wildman–Crippen LogP) is 4.67. The molecule has 0 fully saturated rings. The maximum absolute atomic E-state index is 13.8. The molecule has 2 aliphatic rings. The number of hydrogen-bond donors (Lipinski definition) is 0. The third-order valence-corrected chi connectivity index (χ3v) is 7.21. The highest BCUT2D eigenvalue weighted by Gasteiger charge is 2.34. The van der Waals surface area contributed by atoms with E-state index in [0.717, 1.165) is 22.1 Å². The van der Waals surface area contributed by atoms with E-state index >= 15 is 0 Å². The minimum atomic E-state index is -0.424. The van der Waals surface area contributed by atoms with E-state index in [0.29, 0.717) is 52.9 Å². The Morgan fingerprint density at radius 2 is 1.77 bits per heavy atom. The second-order valence-corrected chi connectivity index (χ2v) is 9.46. The SMILES string of the molecule is COc1cc2c(cc1OC)C(COc1ccc3c(C)cc(=O)oc3c1)N(C(=O)c1ccc3c(c1)OCO3)CC2. The second kappa shape index (κ2) is 9.90. The van der Waals surface area contributed by atoms with E-state index in [-0.39, 0.29) is 19.3 Å². The van der Waals surface area contributed by atoms with E-state index in [1.807, 2.05) is 31.2 Å². The molecule has 2 aliphatic heterocycles. The van der Waals surface area contributed by atoms with Crippen molar-refractivity contribution >= 4 is 16.9 Å². The highest BCUT2D eigenvalue weighted by atomic mass is 16.7. The van der Waals surface area contributed by atoms with Gasteiger partial charge in [0.05, 0.1) is 20.3 Å². The number of benzene rings is 3. The van der Waals surface area contributed by atoms with Crippen molar-refractivity contribution in [1.82, 2.24) is 4.90 Å². The summed E-state index contributed by atoms with van der Waals surface area (Å²) in [7, 11) is 3.18. The third-order valence-electron chi connectivity index (χ3n) is 7.21. The molecule has 9 nitrogen and oxygen atoms in total. The fraction of sp³-hybridized carbons (Fsp3) is 0.267. The van der Waals surface area contributed by atoms with Gasteiger partial charge in [-0.15, -0.1) is 0 Å². The molecule has 0 saturated carbocycles. The van der Waals surface area contributed by atoms with Gasteiger partial charge in [-0.2, -0.15) is 0 Å². The zero-order valence-corrected chi connectivity index (χ0v) is 21.8. The van der Waals surface area contributed by atoms with Crippen LogP contribution in [0.4, 0.5) is 0 Å². The van der Waals surface area contributed by atoms with E-state index in [9.17, 15) is 9.59 Å². The summed E-state index contributed by atoms with van der Waals surface area (Å²) in [6, 6.07) is 15.5. The molecule has 0 bridgehead atoms. The maximum Gasteiger partial charge on any atom is 0.336 e. The number of aryl methyl sites for hydroxylation is 1. The van der Waals surface area contributed by atoms with Crippen LogP contribution < -0.4 is 29.3 Å². The molecule has 200 valence electrons. The Bertz CT molecular complexity index is 1640. The van der Waals surface area contributed by atoms with Crippen molar-refractivity contribution < 1.29 is 32.9 Å². The van der Waals surface area contributed by atoms with Crippen LogP contribution in [0.1, 0.15) is 33.1 Å². The van der Waals surface area contributed by atoms with Crippen LogP contribution in [-0.2, 0) is 6.42 Å². The number of amides is 1. The molecule has 3 heterocycles. The predicted molar refractivity (Wildman–Crippen MR) is 142 cm³/mol. The molecule has 0 spiro atoms. The largest absolute Gasteiger partial charge is 0.493 e. The molecule has 6 rings (SSSR count). The summed E-state index contributed by atoms with van der Waals surface area (Å²) in [6.45, 7) is 2.64. The summed E-state index contributed by atoms with van der Waals surface area (Å²) >= 11 is 0. The van der Waals surface area contributed by atoms with Crippen LogP contribution in [0, 0.1) is 6.92 Å². The first-order valence-electron chi connectivity index (χ1n) is 12.6. The number of rotatable bonds is 6. The fourth-order valence-corrected chi connectivity index (χ4v) is 5.22. The topological polar surface area (TPSA) is 96.7 Å². The minimum Gasteiger partial charge on any atom is -0.493 e. The molecule has 4 aromatic rings. The highest BCUT2D eigenvalue weighted by molar-refractivity contribution is 5.95. The molecule has 3 aromatic carbocycles. The summed E-state index contributed by atoms with van der Waals surface area (Å²) < 4.78 is 33.6. The monoisotopic (exact) mass is 529 g/mol. The molecule has 0 radical (unpaired) electrons. The average molecular weight is 530 g/mol. The quantitative estimate of drug-likeness (QED) is 0.333. The highest BCUT2D eigenvalue weighted by Crippen LogP contribution is 2.40. The third kappa shape index (κ3) is 4.50. The van der Waals surface area contributed by atoms with Crippen molar-refractivity contribution in [2.75, 3.05) is 34.2 Å². The summed E-state index contributed by atoms with van der Waals surface area (Å²) in [5, 5.41) is 0.835. The van der Waals surface area contributed by atoms with Crippen molar-refractivity contribution in [3.63, 3.8) is 0 Å². The lowest BCUT2D eigenvalue weighted by Gasteiger charge is -2.37. The number of fused-ring (bicyclic) bond motifs is 3. The van der Waals surface area contributed by atoms with Crippen molar-refractivity contribution in [1.29, 1.82) is 0 Å². The van der Waals surface area contributed by atoms with E-state index in [1.165, 1.54) is 6.07 Å². The van der Waals surface area contributed by atoms with Crippen LogP contribution in [0.15, 0.2) is 63.8 Å². The van der Waals surface area contributed by atoms with Gasteiger partial charge in [-0.3, -0.25) is 4.79 Å². The van der Waals surface area contributed by atoms with Gasteiger partial charge in [0.1, 0.15) is 17.9 Å². The Hall–Kier alpha value is -4.66. The molecular weight excluding hydrogens is 502 g/mol. The first kappa shape index (κ1) is 24.7. The van der Waals surface area contributed by atoms with Gasteiger partial charge in [0.2, 0.25) is 6.79 Å². The Morgan fingerprint density at radius 1 is 0.974 bits per heavy atom. The number of carbonyl (C=O) groups is 1. The molecule has 1 aromatic heterocycles. The van der Waals surface area contributed by atoms with Gasteiger partial charge in [0.15, 0.2) is 23.0 Å². The normalized spacial score (nSPS) is 15.7. The number of carbonyl (C=O) groups excluding carboxylic acids is 1. The Balaban J connectivity index is 1.36. The van der Waals surface area contributed by atoms with Crippen LogP contribution in [0.25, 0.3) is 11.0 Å². The van der Waals surface area contributed by atoms with E-state index in [1.54, 1.807) is 43.4 Å². The Kier molecular flexibility index (Phi) is 6.26. The van der Waals surface area contributed by atoms with Crippen LogP contribution in [-0.4, -0.2) is 45.0 Å². The lowest BCUT2D eigenvalue weighted by atomic mass is 9.91. The average Bonchev–Trinajstić information content (AvgIpc) is 3.42. The second-order valence-electron chi connectivity index (χ2n) is 9.46. The molecule has 1 amide bonds. The van der Waals surface area contributed by atoms with Crippen molar-refractivity contribution in [3.05, 3.63) is 87.3 Å². The zero-order chi connectivity index (χ0) is 27.1.